The minimum absolute atomic E-state index is 0.171. The molecule has 4 heteroatoms. The lowest BCUT2D eigenvalue weighted by Gasteiger charge is -2.35. The van der Waals surface area contributed by atoms with E-state index < -0.39 is 0 Å². The highest BCUT2D eigenvalue weighted by molar-refractivity contribution is 9.10. The van der Waals surface area contributed by atoms with Gasteiger partial charge in [0.1, 0.15) is 18.5 Å². The Hall–Kier alpha value is -0.580. The molecule has 0 saturated carbocycles. The Morgan fingerprint density at radius 1 is 1.39 bits per heavy atom. The molecular weight excluding hydrogens is 294 g/mol. The third kappa shape index (κ3) is 3.97. The van der Waals surface area contributed by atoms with E-state index in [2.05, 4.69) is 34.7 Å². The molecule has 0 N–H and O–H groups in total. The topological polar surface area (TPSA) is 21.7 Å². The Kier molecular flexibility index (Phi) is 5.03. The van der Waals surface area contributed by atoms with Gasteiger partial charge in [0.15, 0.2) is 0 Å². The van der Waals surface area contributed by atoms with Crippen LogP contribution in [0.3, 0.4) is 0 Å². The first kappa shape index (κ1) is 13.8. The number of benzene rings is 1. The molecule has 3 nitrogen and oxygen atoms in total. The molecule has 1 saturated heterocycles. The fraction of sp³-hybridized carbons (Fsp3) is 0.571. The van der Waals surface area contributed by atoms with E-state index in [1.165, 1.54) is 0 Å². The fourth-order valence-electron chi connectivity index (χ4n) is 2.03. The zero-order valence-electron chi connectivity index (χ0n) is 10.9. The second-order valence-electron chi connectivity index (χ2n) is 4.85. The molecule has 0 amide bonds. The van der Waals surface area contributed by atoms with Crippen molar-refractivity contribution in [1.82, 2.24) is 4.90 Å². The standard InChI is InChI=1S/C14H20BrNO2/c1-11(2)16-7-8-17-14(9-16)10-18-13-5-3-12(15)4-6-13/h3-6,11,14H,7-10H2,1-2H3. The molecule has 0 radical (unpaired) electrons. The van der Waals surface area contributed by atoms with Gasteiger partial charge in [-0.3, -0.25) is 4.90 Å². The lowest BCUT2D eigenvalue weighted by Crippen LogP contribution is -2.47. The number of nitrogens with zero attached hydrogens (tertiary/aromatic N) is 1. The van der Waals surface area contributed by atoms with E-state index >= 15 is 0 Å². The molecule has 2 rings (SSSR count). The molecule has 0 aliphatic carbocycles. The summed E-state index contributed by atoms with van der Waals surface area (Å²) in [6.45, 7) is 7.83. The maximum Gasteiger partial charge on any atom is 0.119 e. The Bertz CT molecular complexity index is 367. The summed E-state index contributed by atoms with van der Waals surface area (Å²) in [5.41, 5.74) is 0. The number of halogens is 1. The normalized spacial score (nSPS) is 21.2. The summed E-state index contributed by atoms with van der Waals surface area (Å²) >= 11 is 3.41. The van der Waals surface area contributed by atoms with Crippen molar-refractivity contribution in [2.75, 3.05) is 26.3 Å². The van der Waals surface area contributed by atoms with Crippen LogP contribution in [0.5, 0.6) is 5.75 Å². The Morgan fingerprint density at radius 2 is 2.11 bits per heavy atom. The van der Waals surface area contributed by atoms with Crippen LogP contribution in [0.25, 0.3) is 0 Å². The second kappa shape index (κ2) is 6.55. The van der Waals surface area contributed by atoms with Gasteiger partial charge in [0, 0.05) is 23.6 Å². The molecule has 0 aromatic heterocycles. The quantitative estimate of drug-likeness (QED) is 0.853. The maximum absolute atomic E-state index is 5.76. The van der Waals surface area contributed by atoms with Crippen LogP contribution in [0.15, 0.2) is 28.7 Å². The molecule has 1 aromatic rings. The SMILES string of the molecule is CC(C)N1CCOC(COc2ccc(Br)cc2)C1. The summed E-state index contributed by atoms with van der Waals surface area (Å²) in [6.07, 6.45) is 0.171. The van der Waals surface area contributed by atoms with Gasteiger partial charge in [0.05, 0.1) is 6.61 Å². The fourth-order valence-corrected chi connectivity index (χ4v) is 2.30. The third-order valence-electron chi connectivity index (χ3n) is 3.15. The minimum atomic E-state index is 0.171. The molecule has 1 unspecified atom stereocenters. The largest absolute Gasteiger partial charge is 0.491 e. The average molecular weight is 314 g/mol. The van der Waals surface area contributed by atoms with Crippen molar-refractivity contribution in [2.24, 2.45) is 0 Å². The summed E-state index contributed by atoms with van der Waals surface area (Å²) < 4.78 is 12.5. The van der Waals surface area contributed by atoms with E-state index in [1.54, 1.807) is 0 Å². The van der Waals surface area contributed by atoms with Crippen molar-refractivity contribution in [3.05, 3.63) is 28.7 Å². The molecule has 0 spiro atoms. The molecule has 1 aromatic carbocycles. The second-order valence-corrected chi connectivity index (χ2v) is 5.76. The van der Waals surface area contributed by atoms with Crippen LogP contribution in [0, 0.1) is 0 Å². The first-order chi connectivity index (χ1) is 8.65. The summed E-state index contributed by atoms with van der Waals surface area (Å²) in [5, 5.41) is 0. The van der Waals surface area contributed by atoms with Gasteiger partial charge in [-0.2, -0.15) is 0 Å². The highest BCUT2D eigenvalue weighted by Gasteiger charge is 2.22. The van der Waals surface area contributed by atoms with Crippen molar-refractivity contribution in [3.8, 4) is 5.75 Å². The third-order valence-corrected chi connectivity index (χ3v) is 3.68. The number of hydrogen-bond donors (Lipinski definition) is 0. The van der Waals surface area contributed by atoms with Gasteiger partial charge < -0.3 is 9.47 Å². The van der Waals surface area contributed by atoms with Crippen molar-refractivity contribution in [2.45, 2.75) is 26.0 Å². The predicted molar refractivity (Wildman–Crippen MR) is 76.1 cm³/mol. The van der Waals surface area contributed by atoms with Crippen LogP contribution >= 0.6 is 15.9 Å². The molecule has 1 heterocycles. The zero-order chi connectivity index (χ0) is 13.0. The summed E-state index contributed by atoms with van der Waals surface area (Å²) in [7, 11) is 0. The average Bonchev–Trinajstić information content (AvgIpc) is 2.38. The van der Waals surface area contributed by atoms with Crippen LogP contribution in [-0.2, 0) is 4.74 Å². The summed E-state index contributed by atoms with van der Waals surface area (Å²) in [6, 6.07) is 8.47. The highest BCUT2D eigenvalue weighted by atomic mass is 79.9. The molecule has 1 aliphatic heterocycles. The van der Waals surface area contributed by atoms with Gasteiger partial charge in [0.2, 0.25) is 0 Å². The first-order valence-electron chi connectivity index (χ1n) is 6.39. The van der Waals surface area contributed by atoms with Gasteiger partial charge >= 0.3 is 0 Å². The van der Waals surface area contributed by atoms with E-state index in [9.17, 15) is 0 Å². The number of ether oxygens (including phenoxy) is 2. The van der Waals surface area contributed by atoms with E-state index in [1.807, 2.05) is 24.3 Å². The van der Waals surface area contributed by atoms with Crippen LogP contribution in [0.2, 0.25) is 0 Å². The maximum atomic E-state index is 5.76. The van der Waals surface area contributed by atoms with Gasteiger partial charge in [0.25, 0.3) is 0 Å². The van der Waals surface area contributed by atoms with E-state index in [-0.39, 0.29) is 6.10 Å². The van der Waals surface area contributed by atoms with Crippen LogP contribution in [0.1, 0.15) is 13.8 Å². The molecule has 18 heavy (non-hydrogen) atoms. The van der Waals surface area contributed by atoms with Gasteiger partial charge in [-0.25, -0.2) is 0 Å². The lowest BCUT2D eigenvalue weighted by atomic mass is 10.2. The summed E-state index contributed by atoms with van der Waals surface area (Å²) in [5.74, 6) is 0.892. The van der Waals surface area contributed by atoms with E-state index in [0.717, 1.165) is 29.9 Å². The van der Waals surface area contributed by atoms with E-state index in [0.29, 0.717) is 12.6 Å². The number of morpholine rings is 1. The molecule has 100 valence electrons. The molecular formula is C14H20BrNO2. The Morgan fingerprint density at radius 3 is 2.78 bits per heavy atom. The van der Waals surface area contributed by atoms with Crippen molar-refractivity contribution < 1.29 is 9.47 Å². The van der Waals surface area contributed by atoms with Crippen molar-refractivity contribution in [3.63, 3.8) is 0 Å². The van der Waals surface area contributed by atoms with Gasteiger partial charge in [-0.15, -0.1) is 0 Å². The Labute approximate surface area is 117 Å². The molecule has 0 bridgehead atoms. The summed E-state index contributed by atoms with van der Waals surface area (Å²) in [4.78, 5) is 2.43. The van der Waals surface area contributed by atoms with Crippen molar-refractivity contribution in [1.29, 1.82) is 0 Å². The van der Waals surface area contributed by atoms with Crippen LogP contribution in [-0.4, -0.2) is 43.3 Å². The van der Waals surface area contributed by atoms with Gasteiger partial charge in [-0.05, 0) is 38.1 Å². The number of hydrogen-bond acceptors (Lipinski definition) is 3. The minimum Gasteiger partial charge on any atom is -0.491 e. The monoisotopic (exact) mass is 313 g/mol. The van der Waals surface area contributed by atoms with E-state index in [4.69, 9.17) is 9.47 Å². The predicted octanol–water partition coefficient (Wildman–Crippen LogP) is 2.94. The zero-order valence-corrected chi connectivity index (χ0v) is 12.5. The number of rotatable bonds is 4. The highest BCUT2D eigenvalue weighted by Crippen LogP contribution is 2.17. The molecule has 1 aliphatic rings. The van der Waals surface area contributed by atoms with Crippen LogP contribution in [0.4, 0.5) is 0 Å². The smallest absolute Gasteiger partial charge is 0.119 e. The lowest BCUT2D eigenvalue weighted by molar-refractivity contribution is -0.0564. The van der Waals surface area contributed by atoms with Gasteiger partial charge in [-0.1, -0.05) is 15.9 Å². The molecule has 1 atom stereocenters. The molecule has 1 fully saturated rings. The Balaban J connectivity index is 1.81. The van der Waals surface area contributed by atoms with Crippen LogP contribution < -0.4 is 4.74 Å². The first-order valence-corrected chi connectivity index (χ1v) is 7.18. The van der Waals surface area contributed by atoms with Crippen molar-refractivity contribution >= 4 is 15.9 Å².